The summed E-state index contributed by atoms with van der Waals surface area (Å²) >= 11 is 7.33. The number of nitrogens with one attached hydrogen (secondary N) is 1. The molecule has 6 heteroatoms. The largest absolute Gasteiger partial charge is 0.486 e. The fraction of sp³-hybridized carbons (Fsp3) is 0.200. The van der Waals surface area contributed by atoms with Crippen LogP contribution in [0.2, 0.25) is 5.02 Å². The highest BCUT2D eigenvalue weighted by atomic mass is 35.5. The number of aromatic nitrogens is 1. The molecule has 0 aliphatic rings. The molecule has 0 radical (unpaired) electrons. The lowest BCUT2D eigenvalue weighted by Gasteiger charge is -2.06. The molecular weight excluding hydrogens is 368 g/mol. The Morgan fingerprint density at radius 1 is 1.15 bits per heavy atom. The minimum absolute atomic E-state index is 0.112. The van der Waals surface area contributed by atoms with Crippen LogP contribution in [0.5, 0.6) is 5.75 Å². The number of carbonyl (C=O) groups excluding carboxylic acids is 1. The molecule has 3 aromatic rings. The van der Waals surface area contributed by atoms with Crippen molar-refractivity contribution in [2.24, 2.45) is 0 Å². The van der Waals surface area contributed by atoms with E-state index in [9.17, 15) is 4.79 Å². The molecule has 0 bridgehead atoms. The van der Waals surface area contributed by atoms with Gasteiger partial charge in [-0.2, -0.15) is 0 Å². The van der Waals surface area contributed by atoms with Crippen LogP contribution in [0, 0.1) is 13.8 Å². The zero-order valence-electron chi connectivity index (χ0n) is 14.6. The van der Waals surface area contributed by atoms with Crippen LogP contribution in [0.3, 0.4) is 0 Å². The molecule has 0 aliphatic carbocycles. The SMILES string of the molecule is Cc1ccc(OCc2nc(CC(=O)Nc3ccc(Cl)cc3)cs2)cc1C. The number of rotatable bonds is 6. The third-order valence-corrected chi connectivity index (χ3v) is 5.03. The number of aryl methyl sites for hydroxylation is 2. The number of halogens is 1. The van der Waals surface area contributed by atoms with Gasteiger partial charge in [0, 0.05) is 16.1 Å². The highest BCUT2D eigenvalue weighted by Crippen LogP contribution is 2.19. The van der Waals surface area contributed by atoms with E-state index in [1.54, 1.807) is 24.3 Å². The van der Waals surface area contributed by atoms with E-state index < -0.39 is 0 Å². The molecule has 2 aromatic carbocycles. The highest BCUT2D eigenvalue weighted by molar-refractivity contribution is 7.09. The highest BCUT2D eigenvalue weighted by Gasteiger charge is 2.09. The van der Waals surface area contributed by atoms with Gasteiger partial charge in [-0.3, -0.25) is 4.79 Å². The number of amides is 1. The average Bonchev–Trinajstić information content (AvgIpc) is 3.05. The van der Waals surface area contributed by atoms with E-state index in [1.807, 2.05) is 23.6 Å². The van der Waals surface area contributed by atoms with Crippen molar-refractivity contribution in [1.82, 2.24) is 4.98 Å². The van der Waals surface area contributed by atoms with Crippen LogP contribution < -0.4 is 10.1 Å². The molecule has 0 unspecified atom stereocenters. The summed E-state index contributed by atoms with van der Waals surface area (Å²) in [7, 11) is 0. The van der Waals surface area contributed by atoms with Gasteiger partial charge < -0.3 is 10.1 Å². The molecule has 0 saturated heterocycles. The number of ether oxygens (including phenoxy) is 1. The Balaban J connectivity index is 1.53. The van der Waals surface area contributed by atoms with Crippen LogP contribution in [-0.2, 0) is 17.8 Å². The Morgan fingerprint density at radius 2 is 1.92 bits per heavy atom. The predicted molar refractivity (Wildman–Crippen MR) is 106 cm³/mol. The van der Waals surface area contributed by atoms with Gasteiger partial charge in [0.25, 0.3) is 0 Å². The fourth-order valence-electron chi connectivity index (χ4n) is 2.35. The van der Waals surface area contributed by atoms with Crippen molar-refractivity contribution >= 4 is 34.5 Å². The van der Waals surface area contributed by atoms with Crippen LogP contribution in [0.4, 0.5) is 5.69 Å². The summed E-state index contributed by atoms with van der Waals surface area (Å²) in [6.07, 6.45) is 0.225. The van der Waals surface area contributed by atoms with Gasteiger partial charge in [0.1, 0.15) is 17.4 Å². The van der Waals surface area contributed by atoms with Crippen molar-refractivity contribution in [1.29, 1.82) is 0 Å². The van der Waals surface area contributed by atoms with Gasteiger partial charge in [-0.25, -0.2) is 4.98 Å². The lowest BCUT2D eigenvalue weighted by Crippen LogP contribution is -2.14. The van der Waals surface area contributed by atoms with E-state index in [2.05, 4.69) is 24.1 Å². The molecule has 1 amide bonds. The first kappa shape index (κ1) is 18.4. The smallest absolute Gasteiger partial charge is 0.230 e. The standard InChI is InChI=1S/C20H19ClN2O2S/c1-13-3-8-18(9-14(13)2)25-11-20-23-17(12-26-20)10-19(24)22-16-6-4-15(21)5-7-16/h3-9,12H,10-11H2,1-2H3,(H,22,24). The third kappa shape index (κ3) is 5.07. The molecule has 134 valence electrons. The van der Waals surface area contributed by atoms with Crippen LogP contribution in [0.1, 0.15) is 21.8 Å². The average molecular weight is 387 g/mol. The molecule has 0 spiro atoms. The van der Waals surface area contributed by atoms with E-state index in [1.165, 1.54) is 22.5 Å². The van der Waals surface area contributed by atoms with Gasteiger partial charge in [0.2, 0.25) is 5.91 Å². The molecule has 0 atom stereocenters. The summed E-state index contributed by atoms with van der Waals surface area (Å²) in [4.78, 5) is 16.6. The van der Waals surface area contributed by atoms with Gasteiger partial charge in [-0.15, -0.1) is 11.3 Å². The molecule has 4 nitrogen and oxygen atoms in total. The molecule has 1 aromatic heterocycles. The summed E-state index contributed by atoms with van der Waals surface area (Å²) in [6, 6.07) is 13.0. The van der Waals surface area contributed by atoms with Crippen LogP contribution in [-0.4, -0.2) is 10.9 Å². The predicted octanol–water partition coefficient (Wildman–Crippen LogP) is 5.17. The zero-order chi connectivity index (χ0) is 18.5. The number of benzene rings is 2. The van der Waals surface area contributed by atoms with Crippen LogP contribution in [0.25, 0.3) is 0 Å². The van der Waals surface area contributed by atoms with Gasteiger partial charge in [-0.1, -0.05) is 17.7 Å². The molecule has 1 heterocycles. The second-order valence-corrected chi connectivity index (χ2v) is 7.38. The van der Waals surface area contributed by atoms with Gasteiger partial charge in [-0.05, 0) is 61.4 Å². The minimum atomic E-state index is -0.112. The number of hydrogen-bond acceptors (Lipinski definition) is 4. The monoisotopic (exact) mass is 386 g/mol. The number of hydrogen-bond donors (Lipinski definition) is 1. The second-order valence-electron chi connectivity index (χ2n) is 6.00. The normalized spacial score (nSPS) is 10.6. The van der Waals surface area contributed by atoms with E-state index in [0.29, 0.717) is 17.3 Å². The van der Waals surface area contributed by atoms with Crippen molar-refractivity contribution in [3.63, 3.8) is 0 Å². The van der Waals surface area contributed by atoms with E-state index >= 15 is 0 Å². The lowest BCUT2D eigenvalue weighted by atomic mass is 10.1. The maximum Gasteiger partial charge on any atom is 0.230 e. The molecule has 3 rings (SSSR count). The summed E-state index contributed by atoms with van der Waals surface area (Å²) < 4.78 is 5.79. The van der Waals surface area contributed by atoms with Gasteiger partial charge in [0.05, 0.1) is 12.1 Å². The molecule has 26 heavy (non-hydrogen) atoms. The van der Waals surface area contributed by atoms with Crippen molar-refractivity contribution in [3.05, 3.63) is 74.7 Å². The Morgan fingerprint density at radius 3 is 2.65 bits per heavy atom. The first-order valence-corrected chi connectivity index (χ1v) is 9.44. The molecule has 0 saturated carbocycles. The summed E-state index contributed by atoms with van der Waals surface area (Å²) in [5.74, 6) is 0.713. The van der Waals surface area contributed by atoms with Crippen molar-refractivity contribution in [2.45, 2.75) is 26.9 Å². The van der Waals surface area contributed by atoms with E-state index in [4.69, 9.17) is 16.3 Å². The van der Waals surface area contributed by atoms with Gasteiger partial charge >= 0.3 is 0 Å². The minimum Gasteiger partial charge on any atom is -0.486 e. The topological polar surface area (TPSA) is 51.2 Å². The Kier molecular flexibility index (Phi) is 5.91. The molecular formula is C20H19ClN2O2S. The summed E-state index contributed by atoms with van der Waals surface area (Å²) in [6.45, 7) is 4.52. The maximum atomic E-state index is 12.1. The third-order valence-electron chi connectivity index (χ3n) is 3.91. The fourth-order valence-corrected chi connectivity index (χ4v) is 3.18. The number of carbonyl (C=O) groups is 1. The number of nitrogens with zero attached hydrogens (tertiary/aromatic N) is 1. The second kappa shape index (κ2) is 8.34. The maximum absolute atomic E-state index is 12.1. The Labute approximate surface area is 161 Å². The zero-order valence-corrected chi connectivity index (χ0v) is 16.2. The number of thiazole rings is 1. The van der Waals surface area contributed by atoms with E-state index in [0.717, 1.165) is 16.5 Å². The van der Waals surface area contributed by atoms with Crippen molar-refractivity contribution < 1.29 is 9.53 Å². The van der Waals surface area contributed by atoms with E-state index in [-0.39, 0.29) is 12.3 Å². The first-order chi connectivity index (χ1) is 12.5. The van der Waals surface area contributed by atoms with Crippen molar-refractivity contribution in [2.75, 3.05) is 5.32 Å². The quantitative estimate of drug-likeness (QED) is 0.635. The Hall–Kier alpha value is -2.37. The summed E-state index contributed by atoms with van der Waals surface area (Å²) in [5, 5.41) is 6.20. The Bertz CT molecular complexity index is 906. The lowest BCUT2D eigenvalue weighted by molar-refractivity contribution is -0.115. The van der Waals surface area contributed by atoms with Gasteiger partial charge in [0.15, 0.2) is 0 Å². The van der Waals surface area contributed by atoms with Crippen LogP contribution in [0.15, 0.2) is 47.8 Å². The molecule has 1 N–H and O–H groups in total. The summed E-state index contributed by atoms with van der Waals surface area (Å²) in [5.41, 5.74) is 3.88. The first-order valence-electron chi connectivity index (χ1n) is 8.18. The van der Waals surface area contributed by atoms with Crippen molar-refractivity contribution in [3.8, 4) is 5.75 Å². The molecule has 0 fully saturated rings. The molecule has 0 aliphatic heterocycles. The number of anilines is 1. The van der Waals surface area contributed by atoms with Crippen LogP contribution >= 0.6 is 22.9 Å².